The molecule has 114 valence electrons. The van der Waals surface area contributed by atoms with Crippen molar-refractivity contribution in [2.24, 2.45) is 0 Å². The molecule has 6 nitrogen and oxygen atoms in total. The number of benzene rings is 1. The summed E-state index contributed by atoms with van der Waals surface area (Å²) < 4.78 is 15.3. The van der Waals surface area contributed by atoms with Gasteiger partial charge in [-0.2, -0.15) is 0 Å². The number of hydrogen-bond donors (Lipinski definition) is 1. The first-order valence-electron chi connectivity index (χ1n) is 6.53. The maximum Gasteiger partial charge on any atom is 0.302 e. The van der Waals surface area contributed by atoms with Crippen LogP contribution in [-0.4, -0.2) is 43.3 Å². The largest absolute Gasteiger partial charge is 0.496 e. The van der Waals surface area contributed by atoms with Crippen LogP contribution in [0.4, 0.5) is 0 Å². The van der Waals surface area contributed by atoms with Crippen LogP contribution in [0.1, 0.15) is 29.3 Å². The number of rotatable bonds is 4. The second-order valence-corrected chi connectivity index (χ2v) is 5.10. The van der Waals surface area contributed by atoms with Gasteiger partial charge in [0.2, 0.25) is 0 Å². The van der Waals surface area contributed by atoms with Gasteiger partial charge in [0, 0.05) is 25.3 Å². The molecule has 6 heteroatoms. The average molecular weight is 294 g/mol. The third-order valence-electron chi connectivity index (χ3n) is 3.49. The lowest BCUT2D eigenvalue weighted by Gasteiger charge is -2.33. The van der Waals surface area contributed by atoms with Crippen LogP contribution < -0.4 is 9.47 Å². The first-order valence-corrected chi connectivity index (χ1v) is 6.53. The number of hydrogen-bond acceptors (Lipinski definition) is 6. The molecule has 21 heavy (non-hydrogen) atoms. The Kier molecular flexibility index (Phi) is 4.18. The van der Waals surface area contributed by atoms with Crippen molar-refractivity contribution in [3.63, 3.8) is 0 Å². The van der Waals surface area contributed by atoms with Crippen LogP contribution in [-0.2, 0) is 16.0 Å². The second kappa shape index (κ2) is 5.73. The number of fused-ring (bicyclic) bond motifs is 1. The Balaban J connectivity index is 2.42. The van der Waals surface area contributed by atoms with Gasteiger partial charge in [-0.1, -0.05) is 0 Å². The van der Waals surface area contributed by atoms with E-state index in [-0.39, 0.29) is 25.2 Å². The third-order valence-corrected chi connectivity index (χ3v) is 3.49. The molecule has 1 N–H and O–H groups in total. The van der Waals surface area contributed by atoms with E-state index in [2.05, 4.69) is 0 Å². The Morgan fingerprint density at radius 1 is 1.24 bits per heavy atom. The highest BCUT2D eigenvalue weighted by molar-refractivity contribution is 6.02. The van der Waals surface area contributed by atoms with Gasteiger partial charge in [-0.3, -0.25) is 9.59 Å². The van der Waals surface area contributed by atoms with Gasteiger partial charge in [0.1, 0.15) is 23.7 Å². The normalized spacial score (nSPS) is 20.7. The summed E-state index contributed by atoms with van der Waals surface area (Å²) in [4.78, 5) is 23.3. The van der Waals surface area contributed by atoms with Gasteiger partial charge in [-0.05, 0) is 12.1 Å². The van der Waals surface area contributed by atoms with E-state index < -0.39 is 11.6 Å². The highest BCUT2D eigenvalue weighted by Crippen LogP contribution is 2.39. The lowest BCUT2D eigenvalue weighted by molar-refractivity contribution is -0.148. The van der Waals surface area contributed by atoms with E-state index in [1.807, 2.05) is 0 Å². The zero-order valence-electron chi connectivity index (χ0n) is 12.3. The topological polar surface area (TPSA) is 82.1 Å². The van der Waals surface area contributed by atoms with E-state index in [9.17, 15) is 14.7 Å². The summed E-state index contributed by atoms with van der Waals surface area (Å²) in [5, 5.41) is 10.5. The molecule has 0 spiro atoms. The molecule has 1 aliphatic carbocycles. The molecular formula is C15H18O6. The van der Waals surface area contributed by atoms with E-state index in [0.29, 0.717) is 22.6 Å². The number of carbonyl (C=O) groups is 2. The van der Waals surface area contributed by atoms with Crippen LogP contribution >= 0.6 is 0 Å². The molecule has 0 unspecified atom stereocenters. The zero-order valence-corrected chi connectivity index (χ0v) is 12.3. The first kappa shape index (κ1) is 15.3. The fourth-order valence-corrected chi connectivity index (χ4v) is 2.57. The van der Waals surface area contributed by atoms with Crippen molar-refractivity contribution in [3.8, 4) is 11.5 Å². The van der Waals surface area contributed by atoms with Crippen molar-refractivity contribution in [2.75, 3.05) is 20.8 Å². The van der Waals surface area contributed by atoms with Crippen LogP contribution in [0.25, 0.3) is 0 Å². The summed E-state index contributed by atoms with van der Waals surface area (Å²) in [5.74, 6) is 0.186. The molecule has 2 rings (SSSR count). The number of Topliss-reactive ketones (excluding diaryl/α,β-unsaturated/α-hetero) is 1. The lowest BCUT2D eigenvalue weighted by atomic mass is 9.79. The zero-order chi connectivity index (χ0) is 15.6. The summed E-state index contributed by atoms with van der Waals surface area (Å²) in [7, 11) is 2.97. The van der Waals surface area contributed by atoms with E-state index in [1.54, 1.807) is 12.1 Å². The Morgan fingerprint density at radius 3 is 2.43 bits per heavy atom. The predicted molar refractivity (Wildman–Crippen MR) is 73.8 cm³/mol. The van der Waals surface area contributed by atoms with E-state index in [1.165, 1.54) is 21.1 Å². The molecule has 1 aliphatic rings. The minimum absolute atomic E-state index is 0.128. The summed E-state index contributed by atoms with van der Waals surface area (Å²) in [5.41, 5.74) is -0.429. The molecule has 0 radical (unpaired) electrons. The minimum atomic E-state index is -1.42. The van der Waals surface area contributed by atoms with Crippen molar-refractivity contribution in [1.29, 1.82) is 0 Å². The molecule has 0 aromatic heterocycles. The fourth-order valence-electron chi connectivity index (χ4n) is 2.57. The van der Waals surface area contributed by atoms with Crippen LogP contribution in [0.5, 0.6) is 11.5 Å². The van der Waals surface area contributed by atoms with Crippen molar-refractivity contribution in [2.45, 2.75) is 25.4 Å². The highest BCUT2D eigenvalue weighted by Gasteiger charge is 2.40. The lowest BCUT2D eigenvalue weighted by Crippen LogP contribution is -2.43. The van der Waals surface area contributed by atoms with Crippen LogP contribution in [0, 0.1) is 0 Å². The van der Waals surface area contributed by atoms with Crippen LogP contribution in [0.15, 0.2) is 12.1 Å². The molecule has 1 aromatic rings. The fraction of sp³-hybridized carbons (Fsp3) is 0.467. The summed E-state index contributed by atoms with van der Waals surface area (Å²) in [6.45, 7) is 1.03. The molecule has 1 atom stereocenters. The van der Waals surface area contributed by atoms with Gasteiger partial charge in [0.25, 0.3) is 0 Å². The van der Waals surface area contributed by atoms with Crippen molar-refractivity contribution in [1.82, 2.24) is 0 Å². The summed E-state index contributed by atoms with van der Waals surface area (Å²) >= 11 is 0. The molecule has 0 bridgehead atoms. The first-order chi connectivity index (χ1) is 9.90. The third kappa shape index (κ3) is 3.00. The molecule has 0 fully saturated rings. The Morgan fingerprint density at radius 2 is 1.86 bits per heavy atom. The van der Waals surface area contributed by atoms with Crippen molar-refractivity contribution >= 4 is 11.8 Å². The molecule has 1 aromatic carbocycles. The highest BCUT2D eigenvalue weighted by atomic mass is 16.5. The molecule has 0 saturated carbocycles. The number of ether oxygens (including phenoxy) is 3. The Bertz CT molecular complexity index is 580. The minimum Gasteiger partial charge on any atom is -0.496 e. The Hall–Kier alpha value is -2.08. The number of esters is 1. The van der Waals surface area contributed by atoms with Crippen molar-refractivity contribution < 1.29 is 28.9 Å². The van der Waals surface area contributed by atoms with Gasteiger partial charge in [0.05, 0.1) is 19.8 Å². The smallest absolute Gasteiger partial charge is 0.302 e. The van der Waals surface area contributed by atoms with Gasteiger partial charge < -0.3 is 19.3 Å². The van der Waals surface area contributed by atoms with Crippen LogP contribution in [0.3, 0.4) is 0 Å². The molecule has 0 saturated heterocycles. The number of carbonyl (C=O) groups excluding carboxylic acids is 2. The van der Waals surface area contributed by atoms with Gasteiger partial charge >= 0.3 is 5.97 Å². The van der Waals surface area contributed by atoms with Gasteiger partial charge in [-0.15, -0.1) is 0 Å². The van der Waals surface area contributed by atoms with Crippen LogP contribution in [0.2, 0.25) is 0 Å². The van der Waals surface area contributed by atoms with Gasteiger partial charge in [-0.25, -0.2) is 0 Å². The number of ketones is 1. The SMILES string of the molecule is COc1ccc(OC)c2c1C[C@@](O)(COC(C)=O)CC2=O. The second-order valence-electron chi connectivity index (χ2n) is 5.10. The Labute approximate surface area is 122 Å². The predicted octanol–water partition coefficient (Wildman–Crippen LogP) is 1.13. The van der Waals surface area contributed by atoms with Gasteiger partial charge in [0.15, 0.2) is 5.78 Å². The van der Waals surface area contributed by atoms with E-state index in [4.69, 9.17) is 14.2 Å². The molecule has 0 heterocycles. The van der Waals surface area contributed by atoms with E-state index in [0.717, 1.165) is 0 Å². The monoisotopic (exact) mass is 294 g/mol. The average Bonchev–Trinajstić information content (AvgIpc) is 2.44. The number of methoxy groups -OCH3 is 2. The maximum atomic E-state index is 12.4. The van der Waals surface area contributed by atoms with E-state index >= 15 is 0 Å². The van der Waals surface area contributed by atoms with Crippen molar-refractivity contribution in [3.05, 3.63) is 23.3 Å². The standard InChI is InChI=1S/C15H18O6/c1-9(16)21-8-15(18)6-10-12(19-2)4-5-13(20-3)14(10)11(17)7-15/h4-5,18H,6-8H2,1-3H3/t15-/m0/s1. The molecular weight excluding hydrogens is 276 g/mol. The molecule has 0 aliphatic heterocycles. The summed E-state index contributed by atoms with van der Waals surface area (Å²) in [6.07, 6.45) is 0.0263. The number of aliphatic hydroxyl groups is 1. The summed E-state index contributed by atoms with van der Waals surface area (Å²) in [6, 6.07) is 3.34. The quantitative estimate of drug-likeness (QED) is 0.838. The maximum absolute atomic E-state index is 12.4. The molecule has 0 amide bonds.